The van der Waals surface area contributed by atoms with Crippen molar-refractivity contribution in [2.24, 2.45) is 5.92 Å². The van der Waals surface area contributed by atoms with Crippen molar-refractivity contribution in [2.45, 2.75) is 34.2 Å². The first kappa shape index (κ1) is 22.0. The second kappa shape index (κ2) is 10.3. The molecule has 1 heterocycles. The number of benzene rings is 1. The molecule has 1 aromatic carbocycles. The Balaban J connectivity index is 1.95. The highest BCUT2D eigenvalue weighted by Crippen LogP contribution is 2.19. The van der Waals surface area contributed by atoms with Gasteiger partial charge in [0.1, 0.15) is 11.6 Å². The zero-order chi connectivity index (χ0) is 21.4. The van der Waals surface area contributed by atoms with Gasteiger partial charge in [0, 0.05) is 36.6 Å². The summed E-state index contributed by atoms with van der Waals surface area (Å²) in [6.45, 7) is 9.73. The van der Waals surface area contributed by atoms with Crippen LogP contribution in [0.1, 0.15) is 41.2 Å². The molecule has 0 bridgehead atoms. The fourth-order valence-electron chi connectivity index (χ4n) is 3.06. The summed E-state index contributed by atoms with van der Waals surface area (Å²) in [6, 6.07) is 12.8. The van der Waals surface area contributed by atoms with Crippen LogP contribution in [0.25, 0.3) is 6.08 Å². The van der Waals surface area contributed by atoms with Crippen LogP contribution < -0.4 is 10.6 Å². The number of aryl methyl sites for hydroxylation is 1. The lowest BCUT2D eigenvalue weighted by atomic mass is 10.1. The van der Waals surface area contributed by atoms with Gasteiger partial charge in [0.15, 0.2) is 0 Å². The summed E-state index contributed by atoms with van der Waals surface area (Å²) >= 11 is 0. The molecule has 0 aliphatic heterocycles. The van der Waals surface area contributed by atoms with Crippen molar-refractivity contribution < 1.29 is 9.59 Å². The third-order valence-corrected chi connectivity index (χ3v) is 4.56. The molecule has 0 fully saturated rings. The van der Waals surface area contributed by atoms with Gasteiger partial charge in [-0.25, -0.2) is 0 Å². The van der Waals surface area contributed by atoms with Crippen LogP contribution in [0.4, 0.5) is 0 Å². The zero-order valence-electron chi connectivity index (χ0n) is 17.5. The third kappa shape index (κ3) is 6.08. The van der Waals surface area contributed by atoms with Crippen molar-refractivity contribution in [1.82, 2.24) is 15.2 Å². The standard InChI is InChI=1S/C23H28N4O2/c1-16(2)15-27-17(3)12-20(18(27)4)13-21(14-24)23(29)26-11-10-25-22(28)19-8-6-5-7-9-19/h5-9,12-13,16H,10-11,15H2,1-4H3,(H,25,28)(H,26,29)/b21-13+. The molecule has 0 aliphatic rings. The van der Waals surface area contributed by atoms with E-state index in [1.54, 1.807) is 30.3 Å². The van der Waals surface area contributed by atoms with E-state index in [9.17, 15) is 14.9 Å². The van der Waals surface area contributed by atoms with Crippen LogP contribution >= 0.6 is 0 Å². The molecule has 0 atom stereocenters. The molecular formula is C23H28N4O2. The molecule has 0 unspecified atom stereocenters. The summed E-state index contributed by atoms with van der Waals surface area (Å²) < 4.78 is 2.20. The maximum Gasteiger partial charge on any atom is 0.262 e. The summed E-state index contributed by atoms with van der Waals surface area (Å²) in [5.41, 5.74) is 3.61. The van der Waals surface area contributed by atoms with Crippen molar-refractivity contribution in [2.75, 3.05) is 13.1 Å². The van der Waals surface area contributed by atoms with Gasteiger partial charge < -0.3 is 15.2 Å². The Morgan fingerprint density at radius 2 is 1.79 bits per heavy atom. The van der Waals surface area contributed by atoms with Crippen molar-refractivity contribution in [3.63, 3.8) is 0 Å². The summed E-state index contributed by atoms with van der Waals surface area (Å²) in [5.74, 6) is -0.148. The largest absolute Gasteiger partial charge is 0.350 e. The fraction of sp³-hybridized carbons (Fsp3) is 0.348. The van der Waals surface area contributed by atoms with E-state index in [1.807, 2.05) is 32.0 Å². The zero-order valence-corrected chi connectivity index (χ0v) is 17.5. The molecule has 0 aliphatic carbocycles. The van der Waals surface area contributed by atoms with E-state index in [0.717, 1.165) is 23.5 Å². The van der Waals surface area contributed by atoms with Crippen LogP contribution in [-0.2, 0) is 11.3 Å². The topological polar surface area (TPSA) is 86.9 Å². The van der Waals surface area contributed by atoms with E-state index < -0.39 is 5.91 Å². The molecule has 2 amide bonds. The first-order chi connectivity index (χ1) is 13.8. The summed E-state index contributed by atoms with van der Waals surface area (Å²) in [7, 11) is 0. The second-order valence-electron chi connectivity index (χ2n) is 7.38. The highest BCUT2D eigenvalue weighted by molar-refractivity contribution is 6.01. The number of amides is 2. The lowest BCUT2D eigenvalue weighted by Crippen LogP contribution is -2.35. The van der Waals surface area contributed by atoms with Crippen molar-refractivity contribution >= 4 is 17.9 Å². The SMILES string of the molecule is Cc1cc(/C=C(\C#N)C(=O)NCCNC(=O)c2ccccc2)c(C)n1CC(C)C. The molecule has 0 spiro atoms. The minimum Gasteiger partial charge on any atom is -0.350 e. The van der Waals surface area contributed by atoms with E-state index in [0.29, 0.717) is 11.5 Å². The molecule has 6 nitrogen and oxygen atoms in total. The lowest BCUT2D eigenvalue weighted by Gasteiger charge is -2.12. The smallest absolute Gasteiger partial charge is 0.262 e. The number of carbonyl (C=O) groups is 2. The van der Waals surface area contributed by atoms with Crippen LogP contribution in [0.5, 0.6) is 0 Å². The molecule has 2 rings (SSSR count). The molecule has 29 heavy (non-hydrogen) atoms. The quantitative estimate of drug-likeness (QED) is 0.411. The Morgan fingerprint density at radius 1 is 1.14 bits per heavy atom. The maximum absolute atomic E-state index is 12.4. The monoisotopic (exact) mass is 392 g/mol. The highest BCUT2D eigenvalue weighted by Gasteiger charge is 2.13. The summed E-state index contributed by atoms with van der Waals surface area (Å²) in [6.07, 6.45) is 1.62. The Bertz CT molecular complexity index is 934. The molecular weight excluding hydrogens is 364 g/mol. The van der Waals surface area contributed by atoms with Gasteiger partial charge in [-0.15, -0.1) is 0 Å². The van der Waals surface area contributed by atoms with Crippen LogP contribution in [0.2, 0.25) is 0 Å². The molecule has 0 radical (unpaired) electrons. The van der Waals surface area contributed by atoms with Crippen molar-refractivity contribution in [3.05, 3.63) is 64.5 Å². The number of carbonyl (C=O) groups excluding carboxylic acids is 2. The number of nitriles is 1. The predicted molar refractivity (Wildman–Crippen MR) is 114 cm³/mol. The molecule has 0 saturated heterocycles. The third-order valence-electron chi connectivity index (χ3n) is 4.56. The molecule has 2 aromatic rings. The van der Waals surface area contributed by atoms with Gasteiger partial charge in [-0.3, -0.25) is 9.59 Å². The summed E-state index contributed by atoms with van der Waals surface area (Å²) in [4.78, 5) is 24.3. The lowest BCUT2D eigenvalue weighted by molar-refractivity contribution is -0.117. The van der Waals surface area contributed by atoms with E-state index >= 15 is 0 Å². The average Bonchev–Trinajstić information content (AvgIpc) is 2.96. The number of nitrogens with one attached hydrogen (secondary N) is 2. The van der Waals surface area contributed by atoms with E-state index in [-0.39, 0.29) is 24.6 Å². The molecule has 2 N–H and O–H groups in total. The number of rotatable bonds is 8. The number of hydrogen-bond acceptors (Lipinski definition) is 3. The van der Waals surface area contributed by atoms with Gasteiger partial charge in [0.25, 0.3) is 11.8 Å². The Morgan fingerprint density at radius 3 is 2.41 bits per heavy atom. The minimum atomic E-state index is -0.449. The Labute approximate surface area is 172 Å². The molecule has 0 saturated carbocycles. The van der Waals surface area contributed by atoms with Gasteiger partial charge in [0.2, 0.25) is 0 Å². The average molecular weight is 393 g/mol. The first-order valence-electron chi connectivity index (χ1n) is 9.73. The maximum atomic E-state index is 12.4. The first-order valence-corrected chi connectivity index (χ1v) is 9.73. The molecule has 152 valence electrons. The van der Waals surface area contributed by atoms with Crippen LogP contribution in [0.3, 0.4) is 0 Å². The van der Waals surface area contributed by atoms with Crippen LogP contribution in [-0.4, -0.2) is 29.5 Å². The number of hydrogen-bond donors (Lipinski definition) is 2. The van der Waals surface area contributed by atoms with Gasteiger partial charge in [-0.1, -0.05) is 32.0 Å². The molecule has 6 heteroatoms. The Hall–Kier alpha value is -3.33. The van der Waals surface area contributed by atoms with Gasteiger partial charge in [-0.05, 0) is 49.6 Å². The van der Waals surface area contributed by atoms with E-state index in [2.05, 4.69) is 29.0 Å². The van der Waals surface area contributed by atoms with Gasteiger partial charge >= 0.3 is 0 Å². The fourth-order valence-corrected chi connectivity index (χ4v) is 3.06. The Kier molecular flexibility index (Phi) is 7.79. The van der Waals surface area contributed by atoms with Crippen molar-refractivity contribution in [1.29, 1.82) is 5.26 Å². The number of aromatic nitrogens is 1. The van der Waals surface area contributed by atoms with Gasteiger partial charge in [0.05, 0.1) is 0 Å². The number of nitrogens with zero attached hydrogens (tertiary/aromatic N) is 2. The van der Waals surface area contributed by atoms with E-state index in [1.165, 1.54) is 0 Å². The van der Waals surface area contributed by atoms with E-state index in [4.69, 9.17) is 0 Å². The van der Waals surface area contributed by atoms with Gasteiger partial charge in [-0.2, -0.15) is 5.26 Å². The summed E-state index contributed by atoms with van der Waals surface area (Å²) in [5, 5.41) is 14.8. The highest BCUT2D eigenvalue weighted by atomic mass is 16.2. The predicted octanol–water partition coefficient (Wildman–Crippen LogP) is 3.21. The normalized spacial score (nSPS) is 11.2. The molecule has 1 aromatic heterocycles. The van der Waals surface area contributed by atoms with Crippen molar-refractivity contribution in [3.8, 4) is 6.07 Å². The van der Waals surface area contributed by atoms with Crippen LogP contribution in [0.15, 0.2) is 42.0 Å². The minimum absolute atomic E-state index is 0.0455. The second-order valence-corrected chi connectivity index (χ2v) is 7.38. The van der Waals surface area contributed by atoms with Crippen LogP contribution in [0, 0.1) is 31.1 Å².